The monoisotopic (exact) mass is 263 g/mol. The minimum atomic E-state index is -3.80. The van der Waals surface area contributed by atoms with Crippen molar-refractivity contribution in [3.8, 4) is 0 Å². The van der Waals surface area contributed by atoms with E-state index in [0.29, 0.717) is 5.46 Å². The van der Waals surface area contributed by atoms with E-state index in [1.54, 1.807) is 30.3 Å². The molecule has 4 N–H and O–H groups in total. The third-order valence-corrected chi connectivity index (χ3v) is 2.32. The maximum atomic E-state index is 12.3. The van der Waals surface area contributed by atoms with E-state index < -0.39 is 13.9 Å². The van der Waals surface area contributed by atoms with Crippen LogP contribution in [0.1, 0.15) is 0 Å². The third-order valence-electron chi connectivity index (χ3n) is 2.32. The van der Waals surface area contributed by atoms with Crippen molar-refractivity contribution < 1.29 is 24.4 Å². The largest absolute Gasteiger partial charge is 0.552 e. The Kier molecular flexibility index (Phi) is 5.72. The highest BCUT2D eigenvalue weighted by molar-refractivity contribution is 6.72. The third kappa shape index (κ3) is 5.67. The van der Waals surface area contributed by atoms with E-state index in [9.17, 15) is 4.32 Å². The highest BCUT2D eigenvalue weighted by Crippen LogP contribution is 1.95. The fraction of sp³-hybridized carbons (Fsp3) is 0. The molecule has 2 aromatic carbocycles. The van der Waals surface area contributed by atoms with Gasteiger partial charge in [0.15, 0.2) is 0 Å². The second kappa shape index (κ2) is 7.06. The number of rotatable bonds is 2. The normalized spacial score (nSPS) is 10.4. The molecule has 0 radical (unpaired) electrons. The Morgan fingerprint density at radius 1 is 0.789 bits per heavy atom. The van der Waals surface area contributed by atoms with Crippen LogP contribution < -0.4 is 10.9 Å². The van der Waals surface area contributed by atoms with Crippen molar-refractivity contribution >= 4 is 24.9 Å². The first-order valence-electron chi connectivity index (χ1n) is 5.65. The molecule has 7 heteroatoms. The van der Waals surface area contributed by atoms with Crippen LogP contribution in [0.15, 0.2) is 60.7 Å². The first kappa shape index (κ1) is 15.4. The maximum absolute atomic E-state index is 12.3. The summed E-state index contributed by atoms with van der Waals surface area (Å²) in [5.74, 6) is 0. The predicted molar refractivity (Wildman–Crippen MR) is 73.6 cm³/mol. The van der Waals surface area contributed by atoms with Crippen molar-refractivity contribution in [3.05, 3.63) is 60.7 Å². The van der Waals surface area contributed by atoms with Crippen LogP contribution in [0.25, 0.3) is 0 Å². The highest BCUT2D eigenvalue weighted by atomic mass is 19.1. The highest BCUT2D eigenvalue weighted by Gasteiger charge is 2.18. The Morgan fingerprint density at radius 2 is 1.21 bits per heavy atom. The van der Waals surface area contributed by atoms with Crippen LogP contribution in [0.4, 0.5) is 4.32 Å². The molecular weight excluding hydrogens is 249 g/mol. The Bertz CT molecular complexity index is 474. The lowest BCUT2D eigenvalue weighted by Crippen LogP contribution is -2.43. The van der Waals surface area contributed by atoms with Gasteiger partial charge in [0.1, 0.15) is 0 Å². The van der Waals surface area contributed by atoms with Crippen molar-refractivity contribution in [2.24, 2.45) is 0 Å². The fourth-order valence-electron chi connectivity index (χ4n) is 1.32. The van der Waals surface area contributed by atoms with Crippen LogP contribution in [0, 0.1) is 0 Å². The van der Waals surface area contributed by atoms with Gasteiger partial charge in [-0.15, -0.1) is 5.46 Å². The van der Waals surface area contributed by atoms with Gasteiger partial charge in [-0.2, -0.15) is 0 Å². The van der Waals surface area contributed by atoms with E-state index in [-0.39, 0.29) is 5.46 Å². The molecular formula is C12H14B2FO4-. The summed E-state index contributed by atoms with van der Waals surface area (Å²) in [6.45, 7) is -3.80. The number of benzene rings is 2. The summed E-state index contributed by atoms with van der Waals surface area (Å²) >= 11 is 0. The average molecular weight is 263 g/mol. The van der Waals surface area contributed by atoms with Gasteiger partial charge in [-0.25, -0.2) is 0 Å². The van der Waals surface area contributed by atoms with Crippen molar-refractivity contribution in [2.45, 2.75) is 0 Å². The van der Waals surface area contributed by atoms with Crippen LogP contribution in [0.5, 0.6) is 0 Å². The van der Waals surface area contributed by atoms with E-state index in [1.807, 2.05) is 6.07 Å². The minimum absolute atomic E-state index is 0.0949. The standard InChI is InChI=1S/C6H7BFO2.C6H7BO2/c8-7(9,10)6-4-2-1-3-5-6;8-7(9)6-4-2-1-3-5-6/h1-5,9-10H;1-5,8-9H/q-1;. The van der Waals surface area contributed by atoms with Crippen molar-refractivity contribution in [1.29, 1.82) is 0 Å². The minimum Gasteiger partial charge on any atom is -0.552 e. The predicted octanol–water partition coefficient (Wildman–Crippen LogP) is -0.847. The Hall–Kier alpha value is -1.66. The van der Waals surface area contributed by atoms with E-state index in [2.05, 4.69) is 0 Å². The first-order valence-corrected chi connectivity index (χ1v) is 5.65. The van der Waals surface area contributed by atoms with Gasteiger partial charge in [0.25, 0.3) is 0 Å². The second-order valence-electron chi connectivity index (χ2n) is 3.87. The Labute approximate surface area is 111 Å². The molecule has 0 spiro atoms. The van der Waals surface area contributed by atoms with Crippen molar-refractivity contribution in [2.75, 3.05) is 0 Å². The molecule has 19 heavy (non-hydrogen) atoms. The molecule has 0 aromatic heterocycles. The SMILES string of the molecule is OB(O)c1ccccc1.O[B-](O)(F)c1ccccc1. The smallest absolute Gasteiger partial charge is 0.488 e. The molecule has 0 saturated heterocycles. The first-order chi connectivity index (χ1) is 8.91. The van der Waals surface area contributed by atoms with Crippen LogP contribution in [-0.4, -0.2) is 34.0 Å². The van der Waals surface area contributed by atoms with E-state index in [1.165, 1.54) is 24.3 Å². The summed E-state index contributed by atoms with van der Waals surface area (Å²) in [6.07, 6.45) is 0. The molecule has 2 rings (SSSR count). The number of hydrogen-bond donors (Lipinski definition) is 4. The van der Waals surface area contributed by atoms with Gasteiger partial charge < -0.3 is 24.4 Å². The maximum Gasteiger partial charge on any atom is 0.488 e. The Morgan fingerprint density at radius 3 is 1.47 bits per heavy atom. The van der Waals surface area contributed by atoms with E-state index in [0.717, 1.165) is 0 Å². The summed E-state index contributed by atoms with van der Waals surface area (Å²) in [4.78, 5) is 0. The van der Waals surface area contributed by atoms with Gasteiger partial charge in [-0.1, -0.05) is 60.7 Å². The second-order valence-corrected chi connectivity index (χ2v) is 3.87. The lowest BCUT2D eigenvalue weighted by molar-refractivity contribution is 0.311. The number of hydrogen-bond acceptors (Lipinski definition) is 4. The average Bonchev–Trinajstić information content (AvgIpc) is 2.40. The van der Waals surface area contributed by atoms with E-state index >= 15 is 0 Å². The molecule has 100 valence electrons. The molecule has 0 unspecified atom stereocenters. The topological polar surface area (TPSA) is 80.9 Å². The summed E-state index contributed by atoms with van der Waals surface area (Å²) in [6, 6.07) is 16.0. The molecule has 0 aliphatic carbocycles. The Balaban J connectivity index is 0.000000191. The number of halogens is 1. The van der Waals surface area contributed by atoms with Crippen molar-refractivity contribution in [3.63, 3.8) is 0 Å². The van der Waals surface area contributed by atoms with Gasteiger partial charge in [-0.3, -0.25) is 0 Å². The molecule has 2 aromatic rings. The molecule has 0 heterocycles. The molecule has 0 aliphatic rings. The van der Waals surface area contributed by atoms with Crippen LogP contribution >= 0.6 is 0 Å². The summed E-state index contributed by atoms with van der Waals surface area (Å²) in [7, 11) is -1.34. The van der Waals surface area contributed by atoms with Crippen LogP contribution in [0.3, 0.4) is 0 Å². The van der Waals surface area contributed by atoms with Gasteiger partial charge in [0, 0.05) is 0 Å². The quantitative estimate of drug-likeness (QED) is 0.532. The zero-order chi connectivity index (χ0) is 14.3. The van der Waals surface area contributed by atoms with Crippen molar-refractivity contribution in [1.82, 2.24) is 0 Å². The molecule has 4 nitrogen and oxygen atoms in total. The molecule has 0 atom stereocenters. The molecule has 0 fully saturated rings. The van der Waals surface area contributed by atoms with Crippen LogP contribution in [-0.2, 0) is 0 Å². The van der Waals surface area contributed by atoms with Gasteiger partial charge >= 0.3 is 13.9 Å². The van der Waals surface area contributed by atoms with E-state index in [4.69, 9.17) is 20.1 Å². The lowest BCUT2D eigenvalue weighted by Gasteiger charge is -2.18. The van der Waals surface area contributed by atoms with Gasteiger partial charge in [-0.05, 0) is 5.46 Å². The molecule has 0 amide bonds. The summed E-state index contributed by atoms with van der Waals surface area (Å²) < 4.78 is 12.3. The molecule has 0 saturated carbocycles. The fourth-order valence-corrected chi connectivity index (χ4v) is 1.32. The lowest BCUT2D eigenvalue weighted by atomic mass is 9.74. The van der Waals surface area contributed by atoms with Crippen LogP contribution in [0.2, 0.25) is 0 Å². The van der Waals surface area contributed by atoms with Gasteiger partial charge in [0.2, 0.25) is 0 Å². The van der Waals surface area contributed by atoms with Gasteiger partial charge in [0.05, 0.1) is 0 Å². The summed E-state index contributed by atoms with van der Waals surface area (Å²) in [5.41, 5.74) is 0.431. The zero-order valence-electron chi connectivity index (χ0n) is 10.1. The molecule has 0 aliphatic heterocycles. The molecule has 0 bridgehead atoms. The zero-order valence-corrected chi connectivity index (χ0v) is 10.1. The summed E-state index contributed by atoms with van der Waals surface area (Å²) in [5, 5.41) is 34.0.